The van der Waals surface area contributed by atoms with Crippen LogP contribution in [0.15, 0.2) is 59.5 Å². The van der Waals surface area contributed by atoms with Crippen molar-refractivity contribution in [2.24, 2.45) is 5.92 Å². The zero-order chi connectivity index (χ0) is 23.4. The number of anilines is 1. The van der Waals surface area contributed by atoms with Gasteiger partial charge in [-0.3, -0.25) is 14.5 Å². The molecule has 0 saturated carbocycles. The number of phenolic OH excluding ortho intramolecular Hbond substituents is 1. The van der Waals surface area contributed by atoms with Gasteiger partial charge in [-0.1, -0.05) is 18.2 Å². The van der Waals surface area contributed by atoms with Gasteiger partial charge in [0.2, 0.25) is 11.8 Å². The van der Waals surface area contributed by atoms with E-state index < -0.39 is 15.1 Å². The molecule has 2 N–H and O–H groups in total. The average molecular weight is 472 g/mol. The predicted molar refractivity (Wildman–Crippen MR) is 125 cm³/mol. The summed E-state index contributed by atoms with van der Waals surface area (Å²) in [5.74, 6) is -0.179. The molecule has 9 heteroatoms. The molecule has 2 heterocycles. The molecule has 176 valence electrons. The van der Waals surface area contributed by atoms with Gasteiger partial charge in [-0.05, 0) is 62.2 Å². The van der Waals surface area contributed by atoms with Gasteiger partial charge in [0.25, 0.3) is 0 Å². The van der Waals surface area contributed by atoms with Crippen LogP contribution in [-0.4, -0.2) is 73.1 Å². The van der Waals surface area contributed by atoms with Crippen molar-refractivity contribution in [3.63, 3.8) is 0 Å². The fraction of sp³-hybridized carbons (Fsp3) is 0.417. The van der Waals surface area contributed by atoms with Gasteiger partial charge < -0.3 is 15.3 Å². The Labute approximate surface area is 194 Å². The summed E-state index contributed by atoms with van der Waals surface area (Å²) in [5.41, 5.74) is 0.626. The molecule has 1 atom stereocenters. The molecule has 2 saturated heterocycles. The third kappa shape index (κ3) is 5.54. The maximum absolute atomic E-state index is 12.8. The molecule has 1 unspecified atom stereocenters. The van der Waals surface area contributed by atoms with E-state index in [9.17, 15) is 23.1 Å². The molecule has 2 amide bonds. The highest BCUT2D eigenvalue weighted by Gasteiger charge is 2.34. The molecule has 2 aliphatic heterocycles. The third-order valence-corrected chi connectivity index (χ3v) is 8.72. The zero-order valence-corrected chi connectivity index (χ0v) is 19.2. The van der Waals surface area contributed by atoms with Crippen LogP contribution in [-0.2, 0) is 19.4 Å². The number of rotatable bonds is 6. The maximum Gasteiger partial charge on any atom is 0.236 e. The molecule has 2 fully saturated rings. The van der Waals surface area contributed by atoms with Crippen LogP contribution in [0.1, 0.15) is 19.3 Å². The van der Waals surface area contributed by atoms with E-state index in [2.05, 4.69) is 5.32 Å². The van der Waals surface area contributed by atoms with Crippen molar-refractivity contribution in [2.45, 2.75) is 29.4 Å². The van der Waals surface area contributed by atoms with Gasteiger partial charge in [0, 0.05) is 25.3 Å². The normalized spacial score (nSPS) is 20.0. The molecule has 0 aromatic heterocycles. The smallest absolute Gasteiger partial charge is 0.236 e. The minimum absolute atomic E-state index is 0.0230. The number of hydrogen-bond acceptors (Lipinski definition) is 6. The van der Waals surface area contributed by atoms with Crippen LogP contribution < -0.4 is 5.32 Å². The third-order valence-electron chi connectivity index (χ3n) is 6.44. The van der Waals surface area contributed by atoms with Crippen LogP contribution in [0.25, 0.3) is 0 Å². The molecule has 8 nitrogen and oxygen atoms in total. The van der Waals surface area contributed by atoms with Crippen molar-refractivity contribution in [2.75, 3.05) is 38.0 Å². The molecular formula is C24H29N3O5S. The van der Waals surface area contributed by atoms with Crippen LogP contribution in [0.3, 0.4) is 0 Å². The van der Waals surface area contributed by atoms with Crippen molar-refractivity contribution in [1.82, 2.24) is 9.80 Å². The molecular weight excluding hydrogens is 442 g/mol. The highest BCUT2D eigenvalue weighted by molar-refractivity contribution is 7.92. The molecule has 33 heavy (non-hydrogen) atoms. The molecule has 0 spiro atoms. The largest absolute Gasteiger partial charge is 0.508 e. The number of hydrogen-bond donors (Lipinski definition) is 2. The van der Waals surface area contributed by atoms with Crippen molar-refractivity contribution in [3.05, 3.63) is 54.6 Å². The fourth-order valence-electron chi connectivity index (χ4n) is 4.49. The number of phenols is 1. The lowest BCUT2D eigenvalue weighted by molar-refractivity contribution is -0.133. The lowest BCUT2D eigenvalue weighted by atomic mass is 10.1. The van der Waals surface area contributed by atoms with E-state index in [0.29, 0.717) is 56.0 Å². The second-order valence-corrected chi connectivity index (χ2v) is 10.9. The van der Waals surface area contributed by atoms with Gasteiger partial charge in [0.1, 0.15) is 5.75 Å². The van der Waals surface area contributed by atoms with Gasteiger partial charge in [-0.25, -0.2) is 8.42 Å². The van der Waals surface area contributed by atoms with Crippen molar-refractivity contribution >= 4 is 27.3 Å². The summed E-state index contributed by atoms with van der Waals surface area (Å²) in [5, 5.41) is 11.7. The molecule has 0 aliphatic carbocycles. The van der Waals surface area contributed by atoms with Crippen molar-refractivity contribution in [3.8, 4) is 5.75 Å². The van der Waals surface area contributed by atoms with Crippen LogP contribution in [0.5, 0.6) is 5.75 Å². The van der Waals surface area contributed by atoms with Crippen molar-refractivity contribution < 1.29 is 23.1 Å². The number of carbonyl (C=O) groups excluding carboxylic acids is 2. The van der Waals surface area contributed by atoms with Gasteiger partial charge in [-0.2, -0.15) is 0 Å². The zero-order valence-electron chi connectivity index (χ0n) is 18.4. The Morgan fingerprint density at radius 2 is 1.61 bits per heavy atom. The summed E-state index contributed by atoms with van der Waals surface area (Å²) in [7, 11) is -3.39. The summed E-state index contributed by atoms with van der Waals surface area (Å²) >= 11 is 0. The van der Waals surface area contributed by atoms with Crippen LogP contribution in [0.4, 0.5) is 5.69 Å². The Hall–Kier alpha value is -2.91. The molecule has 0 bridgehead atoms. The molecule has 2 aromatic rings. The topological polar surface area (TPSA) is 107 Å². The summed E-state index contributed by atoms with van der Waals surface area (Å²) in [6.07, 6.45) is 1.54. The number of piperidine rings is 1. The number of benzene rings is 2. The first-order chi connectivity index (χ1) is 15.8. The second kappa shape index (κ2) is 9.93. The van der Waals surface area contributed by atoms with E-state index in [1.807, 2.05) is 4.90 Å². The number of amides is 2. The first kappa shape index (κ1) is 23.3. The number of nitrogens with zero attached hydrogens (tertiary/aromatic N) is 2. The van der Waals surface area contributed by atoms with E-state index in [4.69, 9.17) is 0 Å². The minimum atomic E-state index is -3.39. The monoisotopic (exact) mass is 471 g/mol. The van der Waals surface area contributed by atoms with E-state index >= 15 is 0 Å². The molecule has 2 aromatic carbocycles. The summed E-state index contributed by atoms with van der Waals surface area (Å²) in [6.45, 7) is 2.26. The van der Waals surface area contributed by atoms with E-state index in [-0.39, 0.29) is 30.0 Å². The SMILES string of the molecule is O=C(Nc1ccc(O)cc1)C1CCN(CC(=O)N2CCC(S(=O)(=O)c3ccccc3)CC2)C1. The fourth-order valence-corrected chi connectivity index (χ4v) is 6.24. The van der Waals surface area contributed by atoms with Crippen LogP contribution in [0.2, 0.25) is 0 Å². The number of aromatic hydroxyl groups is 1. The Kier molecular flexibility index (Phi) is 6.99. The standard InChI is InChI=1S/C24H29N3O5S/c28-20-8-6-19(7-9-20)25-24(30)18-10-13-26(16-18)17-23(29)27-14-11-22(12-15-27)33(31,32)21-4-2-1-3-5-21/h1-9,18,22,28H,10-17H2,(H,25,30). The summed E-state index contributed by atoms with van der Waals surface area (Å²) in [6, 6.07) is 14.8. The Morgan fingerprint density at radius 1 is 0.939 bits per heavy atom. The summed E-state index contributed by atoms with van der Waals surface area (Å²) in [4.78, 5) is 29.4. The average Bonchev–Trinajstić information content (AvgIpc) is 3.30. The first-order valence-electron chi connectivity index (χ1n) is 11.2. The summed E-state index contributed by atoms with van der Waals surface area (Å²) < 4.78 is 25.7. The molecule has 0 radical (unpaired) electrons. The lowest BCUT2D eigenvalue weighted by Gasteiger charge is -2.32. The van der Waals surface area contributed by atoms with Crippen molar-refractivity contribution in [1.29, 1.82) is 0 Å². The Morgan fingerprint density at radius 3 is 2.27 bits per heavy atom. The van der Waals surface area contributed by atoms with Crippen LogP contribution in [0, 0.1) is 5.92 Å². The lowest BCUT2D eigenvalue weighted by Crippen LogP contribution is -2.46. The number of nitrogens with one attached hydrogen (secondary N) is 1. The first-order valence-corrected chi connectivity index (χ1v) is 12.8. The molecule has 4 rings (SSSR count). The highest BCUT2D eigenvalue weighted by Crippen LogP contribution is 2.25. The van der Waals surface area contributed by atoms with Crippen LogP contribution >= 0.6 is 0 Å². The number of carbonyl (C=O) groups is 2. The maximum atomic E-state index is 12.8. The Balaban J connectivity index is 1.24. The quantitative estimate of drug-likeness (QED) is 0.625. The second-order valence-electron chi connectivity index (χ2n) is 8.70. The van der Waals surface area contributed by atoms with E-state index in [1.165, 1.54) is 12.1 Å². The number of sulfone groups is 1. The predicted octanol–water partition coefficient (Wildman–Crippen LogP) is 2.12. The van der Waals surface area contributed by atoms with Gasteiger partial charge in [-0.15, -0.1) is 0 Å². The minimum Gasteiger partial charge on any atom is -0.508 e. The van der Waals surface area contributed by atoms with Gasteiger partial charge in [0.15, 0.2) is 9.84 Å². The molecule has 2 aliphatic rings. The Bertz CT molecular complexity index is 1080. The van der Waals surface area contributed by atoms with E-state index in [0.717, 1.165) is 0 Å². The number of likely N-dealkylation sites (tertiary alicyclic amines) is 2. The van der Waals surface area contributed by atoms with Gasteiger partial charge >= 0.3 is 0 Å². The highest BCUT2D eigenvalue weighted by atomic mass is 32.2. The van der Waals surface area contributed by atoms with E-state index in [1.54, 1.807) is 47.4 Å². The van der Waals surface area contributed by atoms with Gasteiger partial charge in [0.05, 0.1) is 22.6 Å².